The second-order valence-corrected chi connectivity index (χ2v) is 15.1. The zero-order chi connectivity index (χ0) is 38.4. The summed E-state index contributed by atoms with van der Waals surface area (Å²) in [5.74, 6) is -5.12. The normalized spacial score (nSPS) is 39.2. The monoisotopic (exact) mass is 719 g/mol. The van der Waals surface area contributed by atoms with Gasteiger partial charge >= 0.3 is 5.97 Å². The van der Waals surface area contributed by atoms with Gasteiger partial charge < -0.3 is 43.9 Å². The number of ether oxygens (including phenoxy) is 5. The topological polar surface area (TPSA) is 161 Å². The third-order valence-corrected chi connectivity index (χ3v) is 10.8. The molecule has 13 atom stereocenters. The van der Waals surface area contributed by atoms with Crippen LogP contribution in [0.25, 0.3) is 6.08 Å². The highest BCUT2D eigenvalue weighted by Gasteiger charge is 2.52. The summed E-state index contributed by atoms with van der Waals surface area (Å²) >= 11 is 0. The first-order chi connectivity index (χ1) is 23.8. The Morgan fingerprint density at radius 3 is 2.18 bits per heavy atom. The number of hydrogen-bond donors (Lipinski definition) is 3. The van der Waals surface area contributed by atoms with E-state index in [1.165, 1.54) is 20.8 Å². The smallest absolute Gasteiger partial charge is 0.316 e. The van der Waals surface area contributed by atoms with E-state index in [1.54, 1.807) is 40.9 Å². The van der Waals surface area contributed by atoms with Crippen LogP contribution in [-0.4, -0.2) is 120 Å². The Kier molecular flexibility index (Phi) is 15.0. The van der Waals surface area contributed by atoms with E-state index in [0.717, 1.165) is 11.3 Å². The molecule has 2 aliphatic heterocycles. The Labute approximate surface area is 303 Å². The fourth-order valence-corrected chi connectivity index (χ4v) is 7.51. The van der Waals surface area contributed by atoms with Crippen LogP contribution in [0.4, 0.5) is 0 Å². The maximum atomic E-state index is 14.2. The van der Waals surface area contributed by atoms with Gasteiger partial charge in [0.1, 0.15) is 35.3 Å². The third kappa shape index (κ3) is 10.0. The van der Waals surface area contributed by atoms with Crippen LogP contribution in [0.2, 0.25) is 0 Å². The SMILES string of the molecule is CC[C@H]1OC(=O)[C@H](C)C(=O)[C@H](C)[C@@H](O[C@@H]2O[C@H](C)C[C@H](N(C)C)[C@H]2O)[C@](C)(OC/C=C/c2ccc(OC)cc2)C[C@@H](C)C(=O)[C@H](C)[C@@H](O)[C@]1(C)O. The lowest BCUT2D eigenvalue weighted by Crippen LogP contribution is -2.60. The van der Waals surface area contributed by atoms with Crippen molar-refractivity contribution in [2.24, 2.45) is 23.7 Å². The fraction of sp³-hybridized carbons (Fsp3) is 0.718. The predicted molar refractivity (Wildman–Crippen MR) is 192 cm³/mol. The molecule has 51 heavy (non-hydrogen) atoms. The molecule has 3 N–H and O–H groups in total. The molecule has 2 heterocycles. The van der Waals surface area contributed by atoms with E-state index in [-0.39, 0.29) is 37.4 Å². The molecule has 1 aromatic rings. The number of Topliss-reactive ketones (excluding diaryl/α,β-unsaturated/α-hetero) is 2. The Hall–Kier alpha value is -2.71. The molecule has 0 aliphatic carbocycles. The quantitative estimate of drug-likeness (QED) is 0.251. The minimum absolute atomic E-state index is 0.0369. The first-order valence-electron chi connectivity index (χ1n) is 18.1. The maximum Gasteiger partial charge on any atom is 0.316 e. The maximum absolute atomic E-state index is 14.2. The molecule has 2 saturated heterocycles. The summed E-state index contributed by atoms with van der Waals surface area (Å²) in [6, 6.07) is 7.15. The average molecular weight is 720 g/mol. The van der Waals surface area contributed by atoms with Crippen molar-refractivity contribution in [2.75, 3.05) is 27.8 Å². The molecule has 0 bridgehead atoms. The van der Waals surface area contributed by atoms with Crippen LogP contribution in [0, 0.1) is 23.7 Å². The third-order valence-electron chi connectivity index (χ3n) is 10.8. The number of benzene rings is 1. The Balaban J connectivity index is 2.13. The number of hydrogen-bond acceptors (Lipinski definition) is 12. The van der Waals surface area contributed by atoms with Gasteiger partial charge in [-0.15, -0.1) is 0 Å². The number of carbonyl (C=O) groups excluding carboxylic acids is 3. The Morgan fingerprint density at radius 2 is 1.61 bits per heavy atom. The van der Waals surface area contributed by atoms with Gasteiger partial charge in [-0.05, 0) is 78.7 Å². The minimum atomic E-state index is -1.98. The van der Waals surface area contributed by atoms with Gasteiger partial charge in [-0.2, -0.15) is 0 Å². The molecular formula is C39H61NO11. The summed E-state index contributed by atoms with van der Waals surface area (Å²) in [5, 5.41) is 34.2. The first kappa shape index (κ1) is 42.7. The van der Waals surface area contributed by atoms with E-state index >= 15 is 0 Å². The number of methoxy groups -OCH3 is 1. The molecular weight excluding hydrogens is 658 g/mol. The van der Waals surface area contributed by atoms with Crippen molar-refractivity contribution in [1.29, 1.82) is 0 Å². The Morgan fingerprint density at radius 1 is 0.980 bits per heavy atom. The molecule has 12 heteroatoms. The lowest BCUT2D eigenvalue weighted by molar-refractivity contribution is -0.296. The lowest BCUT2D eigenvalue weighted by atomic mass is 9.74. The van der Waals surface area contributed by atoms with Crippen LogP contribution < -0.4 is 4.74 Å². The van der Waals surface area contributed by atoms with Gasteiger partial charge in [-0.3, -0.25) is 14.4 Å². The highest BCUT2D eigenvalue weighted by molar-refractivity contribution is 6.00. The molecule has 0 aromatic heterocycles. The van der Waals surface area contributed by atoms with Crippen LogP contribution in [0.3, 0.4) is 0 Å². The Bertz CT molecular complexity index is 1350. The number of likely N-dealkylation sites (N-methyl/N-ethyl adjacent to an activating group) is 1. The van der Waals surface area contributed by atoms with E-state index in [2.05, 4.69) is 0 Å². The van der Waals surface area contributed by atoms with Gasteiger partial charge in [0.15, 0.2) is 12.1 Å². The number of ketones is 2. The van der Waals surface area contributed by atoms with Crippen molar-refractivity contribution in [1.82, 2.24) is 4.90 Å². The highest BCUT2D eigenvalue weighted by atomic mass is 16.7. The molecule has 0 amide bonds. The molecule has 1 aromatic carbocycles. The zero-order valence-corrected chi connectivity index (χ0v) is 32.2. The number of cyclic esters (lactones) is 1. The molecule has 0 unspecified atom stereocenters. The second-order valence-electron chi connectivity index (χ2n) is 15.1. The molecule has 0 saturated carbocycles. The standard InChI is InChI=1S/C39H61NO11/c1-12-30-39(8,46)34(44)24(4)31(41)22(2)21-38(7,48-19-13-14-27-15-17-28(47-11)18-16-27)35(25(5)32(42)26(6)36(45)50-30)51-37-33(43)29(40(9)10)20-23(3)49-37/h13-18,22-26,29-30,33-35,37,43-44,46H,12,19-21H2,1-11H3/b14-13+/t22-,23-,24+,25+,26-,29+,30-,33-,34-,35-,37+,38-,39-/m1/s1. The van der Waals surface area contributed by atoms with E-state index in [4.69, 9.17) is 23.7 Å². The van der Waals surface area contributed by atoms with Crippen LogP contribution in [0.1, 0.15) is 80.2 Å². The summed E-state index contributed by atoms with van der Waals surface area (Å²) in [7, 11) is 5.31. The number of rotatable bonds is 9. The van der Waals surface area contributed by atoms with Crippen molar-refractivity contribution in [3.05, 3.63) is 35.9 Å². The molecule has 0 spiro atoms. The summed E-state index contributed by atoms with van der Waals surface area (Å²) < 4.78 is 30.3. The molecule has 288 valence electrons. The highest BCUT2D eigenvalue weighted by Crippen LogP contribution is 2.38. The number of aliphatic hydroxyl groups excluding tert-OH is 2. The van der Waals surface area contributed by atoms with Gasteiger partial charge in [0.05, 0.1) is 37.6 Å². The van der Waals surface area contributed by atoms with Crippen molar-refractivity contribution in [3.8, 4) is 5.75 Å². The van der Waals surface area contributed by atoms with Gasteiger partial charge in [-0.25, -0.2) is 0 Å². The lowest BCUT2D eigenvalue weighted by Gasteiger charge is -2.47. The average Bonchev–Trinajstić information content (AvgIpc) is 3.09. The summed E-state index contributed by atoms with van der Waals surface area (Å²) in [6.45, 7) is 13.0. The van der Waals surface area contributed by atoms with Crippen LogP contribution in [0.15, 0.2) is 30.3 Å². The number of aliphatic hydroxyl groups is 3. The van der Waals surface area contributed by atoms with Crippen LogP contribution in [0.5, 0.6) is 5.75 Å². The number of nitrogens with zero attached hydrogens (tertiary/aromatic N) is 1. The van der Waals surface area contributed by atoms with E-state index in [9.17, 15) is 29.7 Å². The van der Waals surface area contributed by atoms with Crippen LogP contribution in [-0.2, 0) is 33.3 Å². The summed E-state index contributed by atoms with van der Waals surface area (Å²) in [4.78, 5) is 43.6. The van der Waals surface area contributed by atoms with Crippen molar-refractivity contribution in [3.63, 3.8) is 0 Å². The molecule has 12 nitrogen and oxygen atoms in total. The largest absolute Gasteiger partial charge is 0.497 e. The molecule has 2 aliphatic rings. The van der Waals surface area contributed by atoms with E-state index < -0.39 is 77.3 Å². The molecule has 3 rings (SSSR count). The molecule has 0 radical (unpaired) electrons. The van der Waals surface area contributed by atoms with Crippen molar-refractivity contribution >= 4 is 23.6 Å². The zero-order valence-electron chi connectivity index (χ0n) is 32.2. The second kappa shape index (κ2) is 17.9. The minimum Gasteiger partial charge on any atom is -0.497 e. The van der Waals surface area contributed by atoms with Gasteiger partial charge in [-0.1, -0.05) is 52.0 Å². The van der Waals surface area contributed by atoms with Gasteiger partial charge in [0.2, 0.25) is 0 Å². The van der Waals surface area contributed by atoms with E-state index in [0.29, 0.717) is 6.42 Å². The summed E-state index contributed by atoms with van der Waals surface area (Å²) in [6.07, 6.45) is -2.04. The van der Waals surface area contributed by atoms with E-state index in [1.807, 2.05) is 56.3 Å². The van der Waals surface area contributed by atoms with Gasteiger partial charge in [0, 0.05) is 23.8 Å². The van der Waals surface area contributed by atoms with Gasteiger partial charge in [0.25, 0.3) is 0 Å². The summed E-state index contributed by atoms with van der Waals surface area (Å²) in [5.41, 5.74) is -2.46. The van der Waals surface area contributed by atoms with Crippen LogP contribution >= 0.6 is 0 Å². The van der Waals surface area contributed by atoms with Crippen molar-refractivity contribution < 1.29 is 53.4 Å². The van der Waals surface area contributed by atoms with Crippen molar-refractivity contribution in [2.45, 2.75) is 129 Å². The number of carbonyl (C=O) groups is 3. The molecule has 2 fully saturated rings. The number of esters is 1. The predicted octanol–water partition coefficient (Wildman–Crippen LogP) is 3.81. The first-order valence-corrected chi connectivity index (χ1v) is 18.1. The fourth-order valence-electron chi connectivity index (χ4n) is 7.51.